The zero-order chi connectivity index (χ0) is 15.4. The Kier molecular flexibility index (Phi) is 4.17. The SMILES string of the molecule is Cc1cc(C(=O)NCc2ccc(C(N)=NO)cc2F)no1. The Morgan fingerprint density at radius 2 is 2.29 bits per heavy atom. The molecule has 1 amide bonds. The van der Waals surface area contributed by atoms with Gasteiger partial charge in [0.15, 0.2) is 11.5 Å². The lowest BCUT2D eigenvalue weighted by molar-refractivity contribution is 0.0941. The lowest BCUT2D eigenvalue weighted by Gasteiger charge is -2.06. The van der Waals surface area contributed by atoms with E-state index in [0.717, 1.165) is 6.07 Å². The molecular formula is C13H13FN4O3. The van der Waals surface area contributed by atoms with Crippen molar-refractivity contribution in [3.05, 3.63) is 52.7 Å². The molecule has 4 N–H and O–H groups in total. The van der Waals surface area contributed by atoms with Gasteiger partial charge in [-0.1, -0.05) is 22.4 Å². The van der Waals surface area contributed by atoms with E-state index in [1.165, 1.54) is 18.2 Å². The molecule has 2 rings (SSSR count). The summed E-state index contributed by atoms with van der Waals surface area (Å²) in [5.41, 5.74) is 5.99. The molecule has 0 aliphatic carbocycles. The fraction of sp³-hybridized carbons (Fsp3) is 0.154. The van der Waals surface area contributed by atoms with Crippen molar-refractivity contribution in [3.63, 3.8) is 0 Å². The maximum Gasteiger partial charge on any atom is 0.273 e. The lowest BCUT2D eigenvalue weighted by Crippen LogP contribution is -2.23. The number of amides is 1. The monoisotopic (exact) mass is 292 g/mol. The van der Waals surface area contributed by atoms with Gasteiger partial charge in [0.05, 0.1) is 0 Å². The van der Waals surface area contributed by atoms with E-state index in [9.17, 15) is 9.18 Å². The second kappa shape index (κ2) is 6.04. The zero-order valence-corrected chi connectivity index (χ0v) is 11.1. The Morgan fingerprint density at radius 1 is 1.52 bits per heavy atom. The quantitative estimate of drug-likeness (QED) is 0.338. The second-order valence-electron chi connectivity index (χ2n) is 4.30. The molecule has 0 aliphatic heterocycles. The van der Waals surface area contributed by atoms with E-state index in [2.05, 4.69) is 15.6 Å². The van der Waals surface area contributed by atoms with E-state index in [-0.39, 0.29) is 29.2 Å². The number of aryl methyl sites for hydroxylation is 1. The minimum Gasteiger partial charge on any atom is -0.409 e. The number of nitrogens with zero attached hydrogens (tertiary/aromatic N) is 2. The first-order chi connectivity index (χ1) is 10.0. The molecule has 0 saturated heterocycles. The first-order valence-corrected chi connectivity index (χ1v) is 5.99. The summed E-state index contributed by atoms with van der Waals surface area (Å²) in [6, 6.07) is 5.53. The van der Waals surface area contributed by atoms with Crippen LogP contribution in [0, 0.1) is 12.7 Å². The predicted molar refractivity (Wildman–Crippen MR) is 71.3 cm³/mol. The lowest BCUT2D eigenvalue weighted by atomic mass is 10.1. The van der Waals surface area contributed by atoms with Gasteiger partial charge in [-0.05, 0) is 13.0 Å². The molecule has 7 nitrogen and oxygen atoms in total. The van der Waals surface area contributed by atoms with Crippen LogP contribution in [0.25, 0.3) is 0 Å². The molecule has 0 bridgehead atoms. The van der Waals surface area contributed by atoms with Crippen LogP contribution in [0.4, 0.5) is 4.39 Å². The van der Waals surface area contributed by atoms with Gasteiger partial charge in [-0.3, -0.25) is 4.79 Å². The fourth-order valence-electron chi connectivity index (χ4n) is 1.65. The van der Waals surface area contributed by atoms with Gasteiger partial charge < -0.3 is 20.8 Å². The molecule has 0 fully saturated rings. The van der Waals surface area contributed by atoms with Crippen LogP contribution in [0.15, 0.2) is 33.9 Å². The Bertz CT molecular complexity index is 696. The van der Waals surface area contributed by atoms with Crippen molar-refractivity contribution in [2.45, 2.75) is 13.5 Å². The third-order valence-electron chi connectivity index (χ3n) is 2.76. The van der Waals surface area contributed by atoms with Crippen molar-refractivity contribution in [2.24, 2.45) is 10.9 Å². The highest BCUT2D eigenvalue weighted by molar-refractivity contribution is 5.97. The number of nitrogens with one attached hydrogen (secondary N) is 1. The van der Waals surface area contributed by atoms with Gasteiger partial charge in [-0.25, -0.2) is 4.39 Å². The summed E-state index contributed by atoms with van der Waals surface area (Å²) in [5, 5.41) is 17.4. The van der Waals surface area contributed by atoms with Crippen LogP contribution in [-0.2, 0) is 6.54 Å². The van der Waals surface area contributed by atoms with Gasteiger partial charge in [0.2, 0.25) is 0 Å². The molecule has 8 heteroatoms. The highest BCUT2D eigenvalue weighted by Crippen LogP contribution is 2.11. The number of benzene rings is 1. The number of carbonyl (C=O) groups is 1. The van der Waals surface area contributed by atoms with Gasteiger partial charge in [-0.15, -0.1) is 0 Å². The van der Waals surface area contributed by atoms with Crippen molar-refractivity contribution in [3.8, 4) is 0 Å². The average Bonchev–Trinajstić information content (AvgIpc) is 2.91. The normalized spacial score (nSPS) is 11.4. The zero-order valence-electron chi connectivity index (χ0n) is 11.1. The summed E-state index contributed by atoms with van der Waals surface area (Å²) in [7, 11) is 0. The van der Waals surface area contributed by atoms with Crippen LogP contribution in [-0.4, -0.2) is 22.1 Å². The third kappa shape index (κ3) is 3.35. The third-order valence-corrected chi connectivity index (χ3v) is 2.76. The standard InChI is InChI=1S/C13H13FN4O3/c1-7-4-11(18-21-7)13(19)16-6-9-3-2-8(5-10(9)14)12(15)17-20/h2-5,20H,6H2,1H3,(H2,15,17)(H,16,19). The smallest absolute Gasteiger partial charge is 0.273 e. The topological polar surface area (TPSA) is 114 Å². The molecule has 2 aromatic rings. The molecule has 110 valence electrons. The molecule has 0 atom stereocenters. The summed E-state index contributed by atoms with van der Waals surface area (Å²) >= 11 is 0. The molecule has 1 aromatic carbocycles. The van der Waals surface area contributed by atoms with Crippen LogP contribution in [0.3, 0.4) is 0 Å². The number of aromatic nitrogens is 1. The Hall–Kier alpha value is -2.90. The van der Waals surface area contributed by atoms with Gasteiger partial charge in [0.1, 0.15) is 11.6 Å². The average molecular weight is 292 g/mol. The number of amidine groups is 1. The van der Waals surface area contributed by atoms with Crippen LogP contribution < -0.4 is 11.1 Å². The van der Waals surface area contributed by atoms with Crippen molar-refractivity contribution in [1.82, 2.24) is 10.5 Å². The Morgan fingerprint density at radius 3 is 2.86 bits per heavy atom. The molecular weight excluding hydrogens is 279 g/mol. The molecule has 0 radical (unpaired) electrons. The number of rotatable bonds is 4. The molecule has 21 heavy (non-hydrogen) atoms. The molecule has 0 saturated carbocycles. The summed E-state index contributed by atoms with van der Waals surface area (Å²) in [6.45, 7) is 1.64. The molecule has 0 spiro atoms. The van der Waals surface area contributed by atoms with Crippen LogP contribution in [0.1, 0.15) is 27.4 Å². The van der Waals surface area contributed by atoms with Crippen LogP contribution >= 0.6 is 0 Å². The highest BCUT2D eigenvalue weighted by atomic mass is 19.1. The molecule has 1 aromatic heterocycles. The largest absolute Gasteiger partial charge is 0.409 e. The Labute approximate surface area is 119 Å². The van der Waals surface area contributed by atoms with Gasteiger partial charge in [0.25, 0.3) is 5.91 Å². The van der Waals surface area contributed by atoms with Crippen molar-refractivity contribution < 1.29 is 18.9 Å². The molecule has 0 aliphatic rings. The molecule has 0 unspecified atom stereocenters. The predicted octanol–water partition coefficient (Wildman–Crippen LogP) is 1.15. The van der Waals surface area contributed by atoms with E-state index in [4.69, 9.17) is 15.5 Å². The highest BCUT2D eigenvalue weighted by Gasteiger charge is 2.12. The maximum atomic E-state index is 13.8. The summed E-state index contributed by atoms with van der Waals surface area (Å²) in [4.78, 5) is 11.7. The van der Waals surface area contributed by atoms with E-state index in [1.807, 2.05) is 0 Å². The van der Waals surface area contributed by atoms with Crippen molar-refractivity contribution in [1.29, 1.82) is 0 Å². The van der Waals surface area contributed by atoms with Crippen molar-refractivity contribution in [2.75, 3.05) is 0 Å². The summed E-state index contributed by atoms with van der Waals surface area (Å²) in [6.07, 6.45) is 0. The van der Waals surface area contributed by atoms with Crippen molar-refractivity contribution >= 4 is 11.7 Å². The summed E-state index contributed by atoms with van der Waals surface area (Å²) < 4.78 is 18.6. The minimum absolute atomic E-state index is 0.0208. The maximum absolute atomic E-state index is 13.8. The van der Waals surface area contributed by atoms with E-state index < -0.39 is 11.7 Å². The van der Waals surface area contributed by atoms with Gasteiger partial charge in [0, 0.05) is 23.7 Å². The number of hydrogen-bond donors (Lipinski definition) is 3. The minimum atomic E-state index is -0.573. The fourth-order valence-corrected chi connectivity index (χ4v) is 1.65. The summed E-state index contributed by atoms with van der Waals surface area (Å²) in [5.74, 6) is -0.723. The Balaban J connectivity index is 2.05. The van der Waals surface area contributed by atoms with Gasteiger partial charge >= 0.3 is 0 Å². The number of nitrogens with two attached hydrogens (primary N) is 1. The van der Waals surface area contributed by atoms with E-state index >= 15 is 0 Å². The van der Waals surface area contributed by atoms with E-state index in [1.54, 1.807) is 6.92 Å². The van der Waals surface area contributed by atoms with E-state index in [0.29, 0.717) is 5.76 Å². The number of oxime groups is 1. The first-order valence-electron chi connectivity index (χ1n) is 5.99. The van der Waals surface area contributed by atoms with Gasteiger partial charge in [-0.2, -0.15) is 0 Å². The second-order valence-corrected chi connectivity index (χ2v) is 4.30. The number of halogens is 1. The number of hydrogen-bond acceptors (Lipinski definition) is 5. The number of carbonyl (C=O) groups excluding carboxylic acids is 1. The molecule has 1 heterocycles. The first kappa shape index (κ1) is 14.5. The van der Waals surface area contributed by atoms with Crippen LogP contribution in [0.5, 0.6) is 0 Å². The van der Waals surface area contributed by atoms with Crippen LogP contribution in [0.2, 0.25) is 0 Å².